The fraction of sp³-hybridized carbons (Fsp3) is 0.143. The minimum atomic E-state index is -0.0129. The van der Waals surface area contributed by atoms with Gasteiger partial charge in [0.2, 0.25) is 0 Å². The third kappa shape index (κ3) is 3.39. The summed E-state index contributed by atoms with van der Waals surface area (Å²) in [5.74, 6) is -0.0129. The fourth-order valence-electron chi connectivity index (χ4n) is 2.99. The van der Waals surface area contributed by atoms with E-state index >= 15 is 0 Å². The number of para-hydroxylation sites is 1. The Morgan fingerprint density at radius 2 is 1.76 bits per heavy atom. The molecule has 0 radical (unpaired) electrons. The van der Waals surface area contributed by atoms with Crippen LogP contribution < -0.4 is 5.32 Å². The smallest absolute Gasteiger partial charge is 0.251 e. The molecule has 0 atom stereocenters. The maximum atomic E-state index is 12.5. The van der Waals surface area contributed by atoms with Crippen LogP contribution in [0.4, 0.5) is 0 Å². The SMILES string of the molecule is O=C(NCCCc1nc2ccccc2s1)c1cccc2ccccc12. The molecule has 0 aliphatic rings. The molecule has 0 aliphatic heterocycles. The third-order valence-electron chi connectivity index (χ3n) is 4.23. The zero-order chi connectivity index (χ0) is 17.1. The first-order valence-electron chi connectivity index (χ1n) is 8.42. The van der Waals surface area contributed by atoms with E-state index in [1.807, 2.05) is 60.7 Å². The summed E-state index contributed by atoms with van der Waals surface area (Å²) in [6, 6.07) is 22.0. The Bertz CT molecular complexity index is 1000. The molecule has 3 nitrogen and oxygen atoms in total. The van der Waals surface area contributed by atoms with Crippen LogP contribution in [-0.2, 0) is 6.42 Å². The second-order valence-corrected chi connectivity index (χ2v) is 7.08. The molecule has 4 heteroatoms. The van der Waals surface area contributed by atoms with E-state index in [9.17, 15) is 4.79 Å². The van der Waals surface area contributed by atoms with Crippen LogP contribution in [0.5, 0.6) is 0 Å². The first kappa shape index (κ1) is 15.8. The van der Waals surface area contributed by atoms with Crippen molar-refractivity contribution >= 4 is 38.2 Å². The molecule has 1 aromatic heterocycles. The first-order valence-corrected chi connectivity index (χ1v) is 9.23. The maximum Gasteiger partial charge on any atom is 0.251 e. The molecule has 1 N–H and O–H groups in total. The average Bonchev–Trinajstić information content (AvgIpc) is 3.07. The monoisotopic (exact) mass is 346 g/mol. The second-order valence-electron chi connectivity index (χ2n) is 5.96. The van der Waals surface area contributed by atoms with Crippen LogP contribution in [0.15, 0.2) is 66.7 Å². The van der Waals surface area contributed by atoms with Crippen molar-refractivity contribution in [2.45, 2.75) is 12.8 Å². The van der Waals surface area contributed by atoms with Gasteiger partial charge in [0.15, 0.2) is 0 Å². The van der Waals surface area contributed by atoms with Gasteiger partial charge in [-0.3, -0.25) is 4.79 Å². The van der Waals surface area contributed by atoms with Gasteiger partial charge in [0.05, 0.1) is 15.2 Å². The molecule has 0 bridgehead atoms. The number of fused-ring (bicyclic) bond motifs is 2. The molecule has 1 amide bonds. The molecule has 0 unspecified atom stereocenters. The van der Waals surface area contributed by atoms with E-state index in [1.54, 1.807) is 11.3 Å². The summed E-state index contributed by atoms with van der Waals surface area (Å²) < 4.78 is 1.22. The number of amides is 1. The lowest BCUT2D eigenvalue weighted by Crippen LogP contribution is -2.24. The lowest BCUT2D eigenvalue weighted by Gasteiger charge is -2.07. The van der Waals surface area contributed by atoms with Crippen molar-refractivity contribution in [2.75, 3.05) is 6.54 Å². The molecular formula is C21H18N2OS. The van der Waals surface area contributed by atoms with Crippen LogP contribution in [0, 0.1) is 0 Å². The van der Waals surface area contributed by atoms with Gasteiger partial charge >= 0.3 is 0 Å². The largest absolute Gasteiger partial charge is 0.352 e. The van der Waals surface area contributed by atoms with Crippen LogP contribution in [0.2, 0.25) is 0 Å². The molecule has 25 heavy (non-hydrogen) atoms. The molecule has 4 aromatic rings. The van der Waals surface area contributed by atoms with Gasteiger partial charge in [0, 0.05) is 18.5 Å². The average molecular weight is 346 g/mol. The van der Waals surface area contributed by atoms with Crippen LogP contribution in [0.25, 0.3) is 21.0 Å². The number of rotatable bonds is 5. The van der Waals surface area contributed by atoms with Crippen molar-refractivity contribution < 1.29 is 4.79 Å². The first-order chi connectivity index (χ1) is 12.3. The minimum Gasteiger partial charge on any atom is -0.352 e. The molecule has 0 saturated carbocycles. The predicted molar refractivity (Wildman–Crippen MR) is 104 cm³/mol. The van der Waals surface area contributed by atoms with E-state index in [-0.39, 0.29) is 5.91 Å². The summed E-state index contributed by atoms with van der Waals surface area (Å²) in [5, 5.41) is 6.24. The summed E-state index contributed by atoms with van der Waals surface area (Å²) in [6.07, 6.45) is 1.77. The Morgan fingerprint density at radius 3 is 2.68 bits per heavy atom. The second kappa shape index (κ2) is 7.03. The van der Waals surface area contributed by atoms with Gasteiger partial charge in [-0.05, 0) is 35.4 Å². The van der Waals surface area contributed by atoms with Crippen LogP contribution >= 0.6 is 11.3 Å². The molecule has 0 saturated heterocycles. The Labute approximate surface area is 150 Å². The Morgan fingerprint density at radius 1 is 0.960 bits per heavy atom. The number of hydrogen-bond donors (Lipinski definition) is 1. The Hall–Kier alpha value is -2.72. The molecule has 0 aliphatic carbocycles. The van der Waals surface area contributed by atoms with Gasteiger partial charge in [0.1, 0.15) is 0 Å². The van der Waals surface area contributed by atoms with Gasteiger partial charge in [-0.1, -0.05) is 48.5 Å². The van der Waals surface area contributed by atoms with E-state index in [1.165, 1.54) is 4.70 Å². The van der Waals surface area contributed by atoms with E-state index in [2.05, 4.69) is 16.4 Å². The molecular weight excluding hydrogens is 328 g/mol. The number of nitrogens with zero attached hydrogens (tertiary/aromatic N) is 1. The molecule has 3 aromatic carbocycles. The molecule has 1 heterocycles. The highest BCUT2D eigenvalue weighted by Crippen LogP contribution is 2.22. The summed E-state index contributed by atoms with van der Waals surface area (Å²) >= 11 is 1.73. The molecule has 0 spiro atoms. The maximum absolute atomic E-state index is 12.5. The number of carbonyl (C=O) groups is 1. The predicted octanol–water partition coefficient (Wildman–Crippen LogP) is 4.81. The van der Waals surface area contributed by atoms with Gasteiger partial charge in [-0.15, -0.1) is 11.3 Å². The van der Waals surface area contributed by atoms with E-state index in [0.29, 0.717) is 6.54 Å². The fourth-order valence-corrected chi connectivity index (χ4v) is 4.00. The summed E-state index contributed by atoms with van der Waals surface area (Å²) in [7, 11) is 0. The number of benzene rings is 3. The third-order valence-corrected chi connectivity index (χ3v) is 5.32. The molecule has 124 valence electrons. The van der Waals surface area contributed by atoms with Crippen LogP contribution in [-0.4, -0.2) is 17.4 Å². The number of hydrogen-bond acceptors (Lipinski definition) is 3. The molecule has 4 rings (SSSR count). The van der Waals surface area contributed by atoms with Crippen molar-refractivity contribution in [2.24, 2.45) is 0 Å². The number of nitrogens with one attached hydrogen (secondary N) is 1. The van der Waals surface area contributed by atoms with Crippen molar-refractivity contribution in [1.29, 1.82) is 0 Å². The Balaban J connectivity index is 1.37. The quantitative estimate of drug-likeness (QED) is 0.527. The van der Waals surface area contributed by atoms with Crippen molar-refractivity contribution in [3.05, 3.63) is 77.3 Å². The summed E-state index contributed by atoms with van der Waals surface area (Å²) in [4.78, 5) is 17.1. The van der Waals surface area contributed by atoms with Crippen molar-refractivity contribution in [3.8, 4) is 0 Å². The number of carbonyl (C=O) groups excluding carboxylic acids is 1. The van der Waals surface area contributed by atoms with Crippen molar-refractivity contribution in [1.82, 2.24) is 10.3 Å². The highest BCUT2D eigenvalue weighted by Gasteiger charge is 2.09. The van der Waals surface area contributed by atoms with Crippen LogP contribution in [0.1, 0.15) is 21.8 Å². The minimum absolute atomic E-state index is 0.0129. The normalized spacial score (nSPS) is 11.0. The standard InChI is InChI=1S/C21H18N2OS/c24-21(17-10-5-8-15-7-1-2-9-16(15)17)22-14-6-13-20-23-18-11-3-4-12-19(18)25-20/h1-5,7-12H,6,13-14H2,(H,22,24). The zero-order valence-electron chi connectivity index (χ0n) is 13.7. The van der Waals surface area contributed by atoms with Crippen LogP contribution in [0.3, 0.4) is 0 Å². The lowest BCUT2D eigenvalue weighted by atomic mass is 10.0. The van der Waals surface area contributed by atoms with E-state index in [4.69, 9.17) is 0 Å². The highest BCUT2D eigenvalue weighted by atomic mass is 32.1. The van der Waals surface area contributed by atoms with Gasteiger partial charge in [-0.25, -0.2) is 4.98 Å². The van der Waals surface area contributed by atoms with Gasteiger partial charge < -0.3 is 5.32 Å². The van der Waals surface area contributed by atoms with Gasteiger partial charge in [-0.2, -0.15) is 0 Å². The lowest BCUT2D eigenvalue weighted by molar-refractivity contribution is 0.0955. The topological polar surface area (TPSA) is 42.0 Å². The van der Waals surface area contributed by atoms with E-state index < -0.39 is 0 Å². The van der Waals surface area contributed by atoms with Crippen molar-refractivity contribution in [3.63, 3.8) is 0 Å². The Kier molecular flexibility index (Phi) is 4.44. The summed E-state index contributed by atoms with van der Waals surface area (Å²) in [5.41, 5.74) is 1.79. The number of aryl methyl sites for hydroxylation is 1. The number of aromatic nitrogens is 1. The van der Waals surface area contributed by atoms with Gasteiger partial charge in [0.25, 0.3) is 5.91 Å². The molecule has 0 fully saturated rings. The zero-order valence-corrected chi connectivity index (χ0v) is 14.6. The highest BCUT2D eigenvalue weighted by molar-refractivity contribution is 7.18. The van der Waals surface area contributed by atoms with E-state index in [0.717, 1.165) is 39.7 Å². The summed E-state index contributed by atoms with van der Waals surface area (Å²) in [6.45, 7) is 0.651. The number of thiazole rings is 1.